The molecule has 0 unspecified atom stereocenters. The van der Waals surface area contributed by atoms with Crippen LogP contribution in [0.5, 0.6) is 0 Å². The van der Waals surface area contributed by atoms with E-state index in [1.807, 2.05) is 13.8 Å². The van der Waals surface area contributed by atoms with Gasteiger partial charge < -0.3 is 10.1 Å². The number of amides is 1. The average Bonchev–Trinajstić information content (AvgIpc) is 2.92. The molecule has 0 spiro atoms. The van der Waals surface area contributed by atoms with Crippen LogP contribution in [0.2, 0.25) is 0 Å². The van der Waals surface area contributed by atoms with Gasteiger partial charge >= 0.3 is 5.97 Å². The summed E-state index contributed by atoms with van der Waals surface area (Å²) in [6, 6.07) is 4.44. The second kappa shape index (κ2) is 7.53. The van der Waals surface area contributed by atoms with E-state index in [1.54, 1.807) is 6.07 Å². The number of esters is 1. The summed E-state index contributed by atoms with van der Waals surface area (Å²) in [6.07, 6.45) is -0.350. The molecule has 0 radical (unpaired) electrons. The van der Waals surface area contributed by atoms with Crippen LogP contribution in [0.15, 0.2) is 24.3 Å². The highest BCUT2D eigenvalue weighted by Crippen LogP contribution is 2.23. The Bertz CT molecular complexity index is 773. The molecule has 0 aliphatic carbocycles. The molecule has 1 aromatic carbocycles. The molecule has 0 saturated heterocycles. The van der Waals surface area contributed by atoms with Crippen LogP contribution in [0.3, 0.4) is 0 Å². The average molecular weight is 353 g/mol. The quantitative estimate of drug-likeness (QED) is 0.824. The van der Waals surface area contributed by atoms with Gasteiger partial charge in [0.1, 0.15) is 16.5 Å². The Balaban J connectivity index is 2.02. The Labute approximate surface area is 142 Å². The largest absolute Gasteiger partial charge is 0.448 e. The molecule has 7 heteroatoms. The SMILES string of the molecule is CCc1cc(C(=O)O[C@@H](C)C(=O)Nc2cc(F)ccc2F)sc1C. The first-order chi connectivity index (χ1) is 11.3. The third-order valence-corrected chi connectivity index (χ3v) is 4.51. The topological polar surface area (TPSA) is 55.4 Å². The van der Waals surface area contributed by atoms with Gasteiger partial charge in [-0.25, -0.2) is 13.6 Å². The Morgan fingerprint density at radius 2 is 2.00 bits per heavy atom. The monoisotopic (exact) mass is 353 g/mol. The van der Waals surface area contributed by atoms with Crippen LogP contribution in [0, 0.1) is 18.6 Å². The van der Waals surface area contributed by atoms with Crippen LogP contribution >= 0.6 is 11.3 Å². The van der Waals surface area contributed by atoms with Gasteiger partial charge in [-0.15, -0.1) is 11.3 Å². The molecule has 1 aromatic heterocycles. The van der Waals surface area contributed by atoms with Gasteiger partial charge in [-0.05, 0) is 44.0 Å². The number of thiophene rings is 1. The number of ether oxygens (including phenoxy) is 1. The molecule has 0 saturated carbocycles. The summed E-state index contributed by atoms with van der Waals surface area (Å²) in [4.78, 5) is 25.5. The molecule has 0 fully saturated rings. The van der Waals surface area contributed by atoms with Crippen LogP contribution in [-0.4, -0.2) is 18.0 Å². The maximum Gasteiger partial charge on any atom is 0.349 e. The van der Waals surface area contributed by atoms with E-state index in [1.165, 1.54) is 18.3 Å². The minimum absolute atomic E-state index is 0.303. The van der Waals surface area contributed by atoms with Crippen molar-refractivity contribution < 1.29 is 23.1 Å². The zero-order chi connectivity index (χ0) is 17.9. The smallest absolute Gasteiger partial charge is 0.349 e. The molecule has 128 valence electrons. The maximum atomic E-state index is 13.5. The van der Waals surface area contributed by atoms with Crippen molar-refractivity contribution in [3.8, 4) is 0 Å². The highest BCUT2D eigenvalue weighted by molar-refractivity contribution is 7.14. The van der Waals surface area contributed by atoms with Crippen molar-refractivity contribution in [1.29, 1.82) is 0 Å². The second-order valence-electron chi connectivity index (χ2n) is 5.21. The lowest BCUT2D eigenvalue weighted by Crippen LogP contribution is -2.30. The summed E-state index contributed by atoms with van der Waals surface area (Å²) in [5, 5.41) is 2.21. The summed E-state index contributed by atoms with van der Waals surface area (Å²) < 4.78 is 31.7. The van der Waals surface area contributed by atoms with Gasteiger partial charge in [-0.1, -0.05) is 6.92 Å². The van der Waals surface area contributed by atoms with Crippen LogP contribution in [0.4, 0.5) is 14.5 Å². The summed E-state index contributed by atoms with van der Waals surface area (Å²) in [5.74, 6) is -2.82. The van der Waals surface area contributed by atoms with Gasteiger partial charge in [0.05, 0.1) is 5.69 Å². The number of carbonyl (C=O) groups is 2. The van der Waals surface area contributed by atoms with Crippen molar-refractivity contribution >= 4 is 28.9 Å². The predicted molar refractivity (Wildman–Crippen MR) is 88.3 cm³/mol. The number of aryl methyl sites for hydroxylation is 2. The Kier molecular flexibility index (Phi) is 5.66. The van der Waals surface area contributed by atoms with Crippen molar-refractivity contribution in [2.75, 3.05) is 5.32 Å². The molecule has 0 aliphatic heterocycles. The Hall–Kier alpha value is -2.28. The van der Waals surface area contributed by atoms with Crippen molar-refractivity contribution in [1.82, 2.24) is 0 Å². The van der Waals surface area contributed by atoms with E-state index in [-0.39, 0.29) is 5.69 Å². The highest BCUT2D eigenvalue weighted by Gasteiger charge is 2.22. The van der Waals surface area contributed by atoms with Gasteiger partial charge in [0.2, 0.25) is 0 Å². The van der Waals surface area contributed by atoms with E-state index in [4.69, 9.17) is 4.74 Å². The molecule has 24 heavy (non-hydrogen) atoms. The Morgan fingerprint density at radius 3 is 2.62 bits per heavy atom. The molecule has 1 amide bonds. The number of anilines is 1. The molecule has 1 atom stereocenters. The Morgan fingerprint density at radius 1 is 1.29 bits per heavy atom. The number of benzene rings is 1. The number of halogens is 2. The van der Waals surface area contributed by atoms with Crippen LogP contribution < -0.4 is 5.32 Å². The zero-order valence-electron chi connectivity index (χ0n) is 13.5. The fourth-order valence-corrected chi connectivity index (χ4v) is 3.07. The van der Waals surface area contributed by atoms with Crippen LogP contribution in [-0.2, 0) is 16.0 Å². The predicted octanol–water partition coefficient (Wildman–Crippen LogP) is 4.08. The molecular formula is C17H17F2NO3S. The first-order valence-electron chi connectivity index (χ1n) is 7.38. The minimum atomic E-state index is -1.15. The molecule has 2 aromatic rings. The highest BCUT2D eigenvalue weighted by atomic mass is 32.1. The van der Waals surface area contributed by atoms with Crippen molar-refractivity contribution in [3.05, 3.63) is 51.2 Å². The first kappa shape index (κ1) is 18.1. The standard InChI is InChI=1S/C17H17F2NO3S/c1-4-11-7-15(24-10(11)3)17(22)23-9(2)16(21)20-14-8-12(18)5-6-13(14)19/h5-9H,4H2,1-3H3,(H,20,21)/t9-/m0/s1. The van der Waals surface area contributed by atoms with Crippen molar-refractivity contribution in [3.63, 3.8) is 0 Å². The van der Waals surface area contributed by atoms with E-state index >= 15 is 0 Å². The fraction of sp³-hybridized carbons (Fsp3) is 0.294. The molecule has 1 heterocycles. The van der Waals surface area contributed by atoms with E-state index in [0.29, 0.717) is 4.88 Å². The number of carbonyl (C=O) groups excluding carboxylic acids is 2. The number of nitrogens with one attached hydrogen (secondary N) is 1. The van der Waals surface area contributed by atoms with Crippen LogP contribution in [0.25, 0.3) is 0 Å². The van der Waals surface area contributed by atoms with E-state index in [2.05, 4.69) is 5.32 Å². The summed E-state index contributed by atoms with van der Waals surface area (Å²) in [7, 11) is 0. The molecule has 4 nitrogen and oxygen atoms in total. The summed E-state index contributed by atoms with van der Waals surface area (Å²) >= 11 is 1.29. The minimum Gasteiger partial charge on any atom is -0.448 e. The molecule has 0 aliphatic rings. The second-order valence-corrected chi connectivity index (χ2v) is 6.46. The normalized spacial score (nSPS) is 11.9. The van der Waals surface area contributed by atoms with Gasteiger partial charge in [0.25, 0.3) is 5.91 Å². The van der Waals surface area contributed by atoms with E-state index < -0.39 is 29.6 Å². The first-order valence-corrected chi connectivity index (χ1v) is 8.19. The zero-order valence-corrected chi connectivity index (χ0v) is 14.3. The van der Waals surface area contributed by atoms with E-state index in [0.717, 1.165) is 35.1 Å². The van der Waals surface area contributed by atoms with Crippen LogP contribution in [0.1, 0.15) is 34.0 Å². The lowest BCUT2D eigenvalue weighted by molar-refractivity contribution is -0.123. The third kappa shape index (κ3) is 4.17. The molecule has 0 bridgehead atoms. The van der Waals surface area contributed by atoms with Gasteiger partial charge in [0, 0.05) is 10.9 Å². The molecular weight excluding hydrogens is 336 g/mol. The number of rotatable bonds is 5. The number of hydrogen-bond donors (Lipinski definition) is 1. The lowest BCUT2D eigenvalue weighted by Gasteiger charge is -2.13. The van der Waals surface area contributed by atoms with Gasteiger partial charge in [-0.3, -0.25) is 4.79 Å². The fourth-order valence-electron chi connectivity index (χ4n) is 2.07. The van der Waals surface area contributed by atoms with Gasteiger partial charge in [0.15, 0.2) is 6.10 Å². The van der Waals surface area contributed by atoms with E-state index in [9.17, 15) is 18.4 Å². The third-order valence-electron chi connectivity index (χ3n) is 3.44. The summed E-state index contributed by atoms with van der Waals surface area (Å²) in [5.41, 5.74) is 0.744. The lowest BCUT2D eigenvalue weighted by atomic mass is 10.2. The number of hydrogen-bond acceptors (Lipinski definition) is 4. The summed E-state index contributed by atoms with van der Waals surface area (Å²) in [6.45, 7) is 5.25. The van der Waals surface area contributed by atoms with Crippen molar-refractivity contribution in [2.24, 2.45) is 0 Å². The van der Waals surface area contributed by atoms with Gasteiger partial charge in [-0.2, -0.15) is 0 Å². The van der Waals surface area contributed by atoms with Crippen molar-refractivity contribution in [2.45, 2.75) is 33.3 Å². The maximum absolute atomic E-state index is 13.5. The molecule has 1 N–H and O–H groups in total. The molecule has 2 rings (SSSR count).